The maximum atomic E-state index is 12.2. The lowest BCUT2D eigenvalue weighted by Gasteiger charge is -2.43. The Morgan fingerprint density at radius 1 is 1.21 bits per heavy atom. The first-order valence-electron chi connectivity index (χ1n) is 7.07. The van der Waals surface area contributed by atoms with Gasteiger partial charge in [0.25, 0.3) is 0 Å². The van der Waals surface area contributed by atoms with Crippen LogP contribution in [0.5, 0.6) is 0 Å². The van der Waals surface area contributed by atoms with Crippen molar-refractivity contribution in [1.82, 2.24) is 0 Å². The molecule has 0 saturated heterocycles. The molecule has 3 rings (SSSR count). The summed E-state index contributed by atoms with van der Waals surface area (Å²) in [4.78, 5) is 24.3. The van der Waals surface area contributed by atoms with E-state index in [1.54, 1.807) is 0 Å². The van der Waals surface area contributed by atoms with Crippen molar-refractivity contribution in [2.75, 3.05) is 0 Å². The van der Waals surface area contributed by atoms with Gasteiger partial charge in [0.1, 0.15) is 0 Å². The minimum Gasteiger partial charge on any atom is -0.294 e. The molecule has 3 aliphatic rings. The van der Waals surface area contributed by atoms with E-state index in [0.717, 1.165) is 19.3 Å². The molecule has 0 saturated carbocycles. The SMILES string of the molecule is CC1(C)CCCC2=C1CC1C(=O)C(Cl)=CC(=O)C1C2. The molecule has 0 bridgehead atoms. The van der Waals surface area contributed by atoms with Gasteiger partial charge in [-0.15, -0.1) is 0 Å². The van der Waals surface area contributed by atoms with Gasteiger partial charge >= 0.3 is 0 Å². The van der Waals surface area contributed by atoms with Crippen molar-refractivity contribution in [3.05, 3.63) is 22.3 Å². The summed E-state index contributed by atoms with van der Waals surface area (Å²) in [5, 5.41) is 0.129. The van der Waals surface area contributed by atoms with Crippen LogP contribution in [0.15, 0.2) is 22.3 Å². The zero-order valence-corrected chi connectivity index (χ0v) is 12.2. The summed E-state index contributed by atoms with van der Waals surface area (Å²) in [6, 6.07) is 0. The van der Waals surface area contributed by atoms with Crippen molar-refractivity contribution in [2.45, 2.75) is 46.0 Å². The monoisotopic (exact) mass is 278 g/mol. The van der Waals surface area contributed by atoms with Crippen LogP contribution in [-0.4, -0.2) is 11.6 Å². The van der Waals surface area contributed by atoms with E-state index in [0.29, 0.717) is 0 Å². The summed E-state index contributed by atoms with van der Waals surface area (Å²) >= 11 is 5.90. The van der Waals surface area contributed by atoms with E-state index in [1.807, 2.05) is 0 Å². The molecule has 102 valence electrons. The molecule has 19 heavy (non-hydrogen) atoms. The van der Waals surface area contributed by atoms with Crippen molar-refractivity contribution in [3.8, 4) is 0 Å². The highest BCUT2D eigenvalue weighted by molar-refractivity contribution is 6.45. The van der Waals surface area contributed by atoms with Crippen LogP contribution in [0.2, 0.25) is 0 Å². The summed E-state index contributed by atoms with van der Waals surface area (Å²) in [6.45, 7) is 4.52. The molecule has 0 amide bonds. The number of rotatable bonds is 0. The van der Waals surface area contributed by atoms with Gasteiger partial charge in [-0.1, -0.05) is 36.6 Å². The number of carbonyl (C=O) groups excluding carboxylic acids is 2. The highest BCUT2D eigenvalue weighted by atomic mass is 35.5. The Morgan fingerprint density at radius 3 is 2.68 bits per heavy atom. The lowest BCUT2D eigenvalue weighted by molar-refractivity contribution is -0.129. The number of allylic oxidation sites excluding steroid dienone is 4. The van der Waals surface area contributed by atoms with E-state index < -0.39 is 0 Å². The fourth-order valence-electron chi connectivity index (χ4n) is 3.99. The second kappa shape index (κ2) is 4.31. The van der Waals surface area contributed by atoms with E-state index in [2.05, 4.69) is 13.8 Å². The predicted molar refractivity (Wildman–Crippen MR) is 74.8 cm³/mol. The maximum absolute atomic E-state index is 12.2. The van der Waals surface area contributed by atoms with Gasteiger partial charge in [0, 0.05) is 17.9 Å². The van der Waals surface area contributed by atoms with Gasteiger partial charge in [-0.2, -0.15) is 0 Å². The Morgan fingerprint density at radius 2 is 1.95 bits per heavy atom. The normalized spacial score (nSPS) is 33.7. The van der Waals surface area contributed by atoms with Crippen molar-refractivity contribution in [2.24, 2.45) is 17.3 Å². The van der Waals surface area contributed by atoms with Crippen LogP contribution in [-0.2, 0) is 9.59 Å². The molecule has 0 aromatic heterocycles. The van der Waals surface area contributed by atoms with Crippen LogP contribution in [0, 0.1) is 17.3 Å². The molecule has 0 radical (unpaired) electrons. The van der Waals surface area contributed by atoms with E-state index in [-0.39, 0.29) is 33.8 Å². The number of Topliss-reactive ketones (excluding diaryl/α,β-unsaturated/α-hetero) is 1. The minimum absolute atomic E-state index is 0.0285. The summed E-state index contributed by atoms with van der Waals surface area (Å²) in [5.41, 5.74) is 3.03. The molecular formula is C16H19ClO2. The van der Waals surface area contributed by atoms with Crippen LogP contribution in [0.4, 0.5) is 0 Å². The Balaban J connectivity index is 2.00. The highest BCUT2D eigenvalue weighted by Gasteiger charge is 2.45. The zero-order valence-electron chi connectivity index (χ0n) is 11.5. The van der Waals surface area contributed by atoms with Gasteiger partial charge in [0.15, 0.2) is 11.6 Å². The van der Waals surface area contributed by atoms with E-state index >= 15 is 0 Å². The topological polar surface area (TPSA) is 34.1 Å². The Kier molecular flexibility index (Phi) is 2.97. The number of fused-ring (bicyclic) bond motifs is 1. The van der Waals surface area contributed by atoms with Crippen molar-refractivity contribution >= 4 is 23.2 Å². The number of carbonyl (C=O) groups is 2. The van der Waals surface area contributed by atoms with Gasteiger partial charge in [-0.25, -0.2) is 0 Å². The van der Waals surface area contributed by atoms with E-state index in [9.17, 15) is 9.59 Å². The van der Waals surface area contributed by atoms with Crippen LogP contribution in [0.25, 0.3) is 0 Å². The second-order valence-electron chi connectivity index (χ2n) is 6.70. The highest BCUT2D eigenvalue weighted by Crippen LogP contribution is 2.51. The molecule has 0 aliphatic heterocycles. The van der Waals surface area contributed by atoms with Crippen LogP contribution in [0.1, 0.15) is 46.0 Å². The summed E-state index contributed by atoms with van der Waals surface area (Å²) in [5.74, 6) is -0.340. The molecule has 3 heteroatoms. The molecule has 0 heterocycles. The maximum Gasteiger partial charge on any atom is 0.178 e. The second-order valence-corrected chi connectivity index (χ2v) is 7.11. The van der Waals surface area contributed by atoms with Gasteiger partial charge in [-0.05, 0) is 37.5 Å². The third-order valence-corrected chi connectivity index (χ3v) is 5.40. The smallest absolute Gasteiger partial charge is 0.178 e. The first-order chi connectivity index (χ1) is 8.90. The van der Waals surface area contributed by atoms with Crippen molar-refractivity contribution in [1.29, 1.82) is 0 Å². The molecule has 2 atom stereocenters. The molecule has 0 aromatic carbocycles. The molecule has 0 N–H and O–H groups in total. The standard InChI is InChI=1S/C16H19ClO2/c1-16(2)5-3-4-9-6-10-11(7-12(9)16)15(19)13(17)8-14(10)18/h8,10-11H,3-7H2,1-2H3. The number of hydrogen-bond acceptors (Lipinski definition) is 2. The van der Waals surface area contributed by atoms with Gasteiger partial charge < -0.3 is 0 Å². The van der Waals surface area contributed by atoms with Crippen LogP contribution < -0.4 is 0 Å². The molecule has 0 spiro atoms. The molecule has 2 nitrogen and oxygen atoms in total. The van der Waals surface area contributed by atoms with Crippen LogP contribution >= 0.6 is 11.6 Å². The van der Waals surface area contributed by atoms with Crippen molar-refractivity contribution in [3.63, 3.8) is 0 Å². The van der Waals surface area contributed by atoms with E-state index in [1.165, 1.54) is 30.1 Å². The Hall–Kier alpha value is -0.890. The number of hydrogen-bond donors (Lipinski definition) is 0. The number of ketones is 2. The summed E-state index contributed by atoms with van der Waals surface area (Å²) in [7, 11) is 0. The first kappa shape index (κ1) is 13.1. The van der Waals surface area contributed by atoms with Gasteiger partial charge in [0.05, 0.1) is 5.03 Å². The third kappa shape index (κ3) is 2.01. The summed E-state index contributed by atoms with van der Waals surface area (Å²) < 4.78 is 0. The quantitative estimate of drug-likeness (QED) is 0.632. The molecule has 0 aromatic rings. The summed E-state index contributed by atoms with van der Waals surface area (Å²) in [6.07, 6.45) is 6.32. The fourth-order valence-corrected chi connectivity index (χ4v) is 4.24. The minimum atomic E-state index is -0.207. The average Bonchev–Trinajstić information content (AvgIpc) is 2.35. The molecular weight excluding hydrogens is 260 g/mol. The van der Waals surface area contributed by atoms with Gasteiger partial charge in [0.2, 0.25) is 0 Å². The van der Waals surface area contributed by atoms with Gasteiger partial charge in [-0.3, -0.25) is 9.59 Å². The van der Waals surface area contributed by atoms with E-state index in [4.69, 9.17) is 11.6 Å². The van der Waals surface area contributed by atoms with Crippen molar-refractivity contribution < 1.29 is 9.59 Å². The zero-order chi connectivity index (χ0) is 13.8. The Labute approximate surface area is 118 Å². The lowest BCUT2D eigenvalue weighted by atomic mass is 9.61. The molecule has 2 unspecified atom stereocenters. The van der Waals surface area contributed by atoms with Crippen LogP contribution in [0.3, 0.4) is 0 Å². The molecule has 0 fully saturated rings. The molecule has 3 aliphatic carbocycles. The lowest BCUT2D eigenvalue weighted by Crippen LogP contribution is -2.40. The fraction of sp³-hybridized carbons (Fsp3) is 0.625. The average molecular weight is 279 g/mol. The Bertz CT molecular complexity index is 525. The largest absolute Gasteiger partial charge is 0.294 e. The first-order valence-corrected chi connectivity index (χ1v) is 7.44. The predicted octanol–water partition coefficient (Wildman–Crippen LogP) is 3.79. The third-order valence-electron chi connectivity index (χ3n) is 5.11. The number of halogens is 1.